The van der Waals surface area contributed by atoms with Crippen molar-refractivity contribution in [2.45, 2.75) is 31.1 Å². The third kappa shape index (κ3) is 5.50. The van der Waals surface area contributed by atoms with E-state index >= 15 is 0 Å². The van der Waals surface area contributed by atoms with Gasteiger partial charge in [0.25, 0.3) is 0 Å². The van der Waals surface area contributed by atoms with Gasteiger partial charge in [-0.2, -0.15) is 0 Å². The highest BCUT2D eigenvalue weighted by molar-refractivity contribution is 7.89. The minimum Gasteiger partial charge on any atom is -0.481 e. The van der Waals surface area contributed by atoms with Gasteiger partial charge in [-0.3, -0.25) is 9.59 Å². The number of hydrogen-bond acceptors (Lipinski definition) is 4. The summed E-state index contributed by atoms with van der Waals surface area (Å²) >= 11 is 0. The molecule has 1 aromatic rings. The van der Waals surface area contributed by atoms with E-state index in [0.717, 1.165) is 5.56 Å². The average molecular weight is 299 g/mol. The zero-order valence-electron chi connectivity index (χ0n) is 11.1. The number of ketones is 1. The number of carbonyl (C=O) groups excluding carboxylic acids is 1. The first-order valence-electron chi connectivity index (χ1n) is 6.11. The summed E-state index contributed by atoms with van der Waals surface area (Å²) in [5.41, 5.74) is 0.952. The molecular formula is C13H17NO5S. The molecule has 0 unspecified atom stereocenters. The number of benzene rings is 1. The van der Waals surface area contributed by atoms with E-state index in [0.29, 0.717) is 0 Å². The molecule has 0 aliphatic heterocycles. The van der Waals surface area contributed by atoms with Gasteiger partial charge in [-0.1, -0.05) is 17.7 Å². The van der Waals surface area contributed by atoms with E-state index in [9.17, 15) is 18.0 Å². The first-order chi connectivity index (χ1) is 9.31. The van der Waals surface area contributed by atoms with Crippen molar-refractivity contribution in [2.75, 3.05) is 6.54 Å². The van der Waals surface area contributed by atoms with E-state index in [2.05, 4.69) is 4.72 Å². The van der Waals surface area contributed by atoms with E-state index < -0.39 is 16.0 Å². The lowest BCUT2D eigenvalue weighted by Crippen LogP contribution is -2.26. The zero-order valence-corrected chi connectivity index (χ0v) is 11.9. The summed E-state index contributed by atoms with van der Waals surface area (Å²) in [6.07, 6.45) is -0.330. The van der Waals surface area contributed by atoms with Crippen molar-refractivity contribution in [2.24, 2.45) is 0 Å². The second-order valence-corrected chi connectivity index (χ2v) is 6.16. The highest BCUT2D eigenvalue weighted by Crippen LogP contribution is 2.09. The maximum Gasteiger partial charge on any atom is 0.303 e. The van der Waals surface area contributed by atoms with Crippen LogP contribution in [0.25, 0.3) is 0 Å². The van der Waals surface area contributed by atoms with E-state index in [4.69, 9.17) is 5.11 Å². The van der Waals surface area contributed by atoms with Crippen LogP contribution in [0.1, 0.15) is 24.8 Å². The molecule has 1 aromatic carbocycles. The molecule has 0 saturated carbocycles. The molecule has 7 heteroatoms. The lowest BCUT2D eigenvalue weighted by atomic mass is 10.2. The van der Waals surface area contributed by atoms with Gasteiger partial charge in [0.15, 0.2) is 0 Å². The molecule has 0 fully saturated rings. The standard InChI is InChI=1S/C13H17NO5S/c1-10-2-5-12(6-3-10)20(18,19)14-9-8-11(15)4-7-13(16)17/h2-3,5-6,14H,4,7-9H2,1H3,(H,16,17). The fourth-order valence-corrected chi connectivity index (χ4v) is 2.53. The summed E-state index contributed by atoms with van der Waals surface area (Å²) in [5.74, 6) is -1.32. The second-order valence-electron chi connectivity index (χ2n) is 4.39. The second kappa shape index (κ2) is 7.16. The Hall–Kier alpha value is -1.73. The molecule has 6 nitrogen and oxygen atoms in total. The van der Waals surface area contributed by atoms with Gasteiger partial charge in [0, 0.05) is 19.4 Å². The van der Waals surface area contributed by atoms with Crippen LogP contribution in [-0.4, -0.2) is 31.8 Å². The van der Waals surface area contributed by atoms with Gasteiger partial charge in [-0.25, -0.2) is 13.1 Å². The smallest absolute Gasteiger partial charge is 0.303 e. The van der Waals surface area contributed by atoms with Crippen LogP contribution in [0.4, 0.5) is 0 Å². The average Bonchev–Trinajstić information content (AvgIpc) is 2.36. The van der Waals surface area contributed by atoms with Crippen LogP contribution >= 0.6 is 0 Å². The van der Waals surface area contributed by atoms with Gasteiger partial charge < -0.3 is 5.11 Å². The molecule has 0 radical (unpaired) electrons. The number of Topliss-reactive ketones (excluding diaryl/α,β-unsaturated/α-hetero) is 1. The number of nitrogens with one attached hydrogen (secondary N) is 1. The molecule has 0 aromatic heterocycles. The van der Waals surface area contributed by atoms with Crippen molar-refractivity contribution >= 4 is 21.8 Å². The third-order valence-electron chi connectivity index (χ3n) is 2.64. The molecule has 110 valence electrons. The monoisotopic (exact) mass is 299 g/mol. The van der Waals surface area contributed by atoms with Gasteiger partial charge in [0.2, 0.25) is 10.0 Å². The van der Waals surface area contributed by atoms with Crippen LogP contribution in [0.3, 0.4) is 0 Å². The predicted molar refractivity (Wildman–Crippen MR) is 72.9 cm³/mol. The lowest BCUT2D eigenvalue weighted by molar-refractivity contribution is -0.138. The van der Waals surface area contributed by atoms with E-state index in [1.54, 1.807) is 12.1 Å². The highest BCUT2D eigenvalue weighted by atomic mass is 32.2. The summed E-state index contributed by atoms with van der Waals surface area (Å²) in [4.78, 5) is 21.7. The molecule has 0 heterocycles. The van der Waals surface area contributed by atoms with Gasteiger partial charge in [-0.05, 0) is 19.1 Å². The summed E-state index contributed by atoms with van der Waals surface area (Å²) in [6, 6.07) is 6.35. The van der Waals surface area contributed by atoms with Gasteiger partial charge in [0.1, 0.15) is 5.78 Å². The Morgan fingerprint density at radius 1 is 1.10 bits per heavy atom. The van der Waals surface area contributed by atoms with Crippen molar-refractivity contribution in [1.29, 1.82) is 0 Å². The number of sulfonamides is 1. The molecule has 2 N–H and O–H groups in total. The number of rotatable bonds is 8. The Morgan fingerprint density at radius 3 is 2.25 bits per heavy atom. The van der Waals surface area contributed by atoms with E-state index in [1.807, 2.05) is 6.92 Å². The summed E-state index contributed by atoms with van der Waals surface area (Å²) in [5, 5.41) is 8.42. The number of aliphatic carboxylic acids is 1. The van der Waals surface area contributed by atoms with E-state index in [-0.39, 0.29) is 36.5 Å². The van der Waals surface area contributed by atoms with Crippen LogP contribution in [0, 0.1) is 6.92 Å². The fraction of sp³-hybridized carbons (Fsp3) is 0.385. The van der Waals surface area contributed by atoms with E-state index in [1.165, 1.54) is 12.1 Å². The third-order valence-corrected chi connectivity index (χ3v) is 4.12. The molecule has 0 bridgehead atoms. The Labute approximate surface area is 117 Å². The quantitative estimate of drug-likeness (QED) is 0.748. The first-order valence-corrected chi connectivity index (χ1v) is 7.59. The van der Waals surface area contributed by atoms with Crippen molar-refractivity contribution in [1.82, 2.24) is 4.72 Å². The SMILES string of the molecule is Cc1ccc(S(=O)(=O)NCCC(=O)CCC(=O)O)cc1. The molecular weight excluding hydrogens is 282 g/mol. The number of carbonyl (C=O) groups is 2. The predicted octanol–water partition coefficient (Wildman–Crippen LogP) is 1.10. The van der Waals surface area contributed by atoms with Crippen LogP contribution < -0.4 is 4.72 Å². The molecule has 0 spiro atoms. The fourth-order valence-electron chi connectivity index (χ4n) is 1.50. The van der Waals surface area contributed by atoms with Crippen molar-refractivity contribution < 1.29 is 23.1 Å². The maximum atomic E-state index is 11.9. The number of hydrogen-bond donors (Lipinski definition) is 2. The molecule has 0 aliphatic carbocycles. The largest absolute Gasteiger partial charge is 0.481 e. The molecule has 0 saturated heterocycles. The minimum absolute atomic E-state index is 0.0155. The van der Waals surface area contributed by atoms with Crippen LogP contribution in [0.2, 0.25) is 0 Å². The van der Waals surface area contributed by atoms with Gasteiger partial charge >= 0.3 is 5.97 Å². The Morgan fingerprint density at radius 2 is 1.70 bits per heavy atom. The van der Waals surface area contributed by atoms with Crippen molar-refractivity contribution in [3.63, 3.8) is 0 Å². The lowest BCUT2D eigenvalue weighted by Gasteiger charge is -2.06. The molecule has 0 atom stereocenters. The normalized spacial score (nSPS) is 11.2. The first kappa shape index (κ1) is 16.3. The summed E-state index contributed by atoms with van der Waals surface area (Å²) in [6.45, 7) is 1.82. The molecule has 0 amide bonds. The topological polar surface area (TPSA) is 101 Å². The van der Waals surface area contributed by atoms with Crippen molar-refractivity contribution in [3.05, 3.63) is 29.8 Å². The number of aryl methyl sites for hydroxylation is 1. The maximum absolute atomic E-state index is 11.9. The minimum atomic E-state index is -3.62. The molecule has 20 heavy (non-hydrogen) atoms. The number of carboxylic acids is 1. The van der Waals surface area contributed by atoms with Crippen LogP contribution in [0.5, 0.6) is 0 Å². The Balaban J connectivity index is 2.46. The summed E-state index contributed by atoms with van der Waals surface area (Å²) < 4.78 is 26.1. The van der Waals surface area contributed by atoms with Crippen LogP contribution in [0.15, 0.2) is 29.2 Å². The van der Waals surface area contributed by atoms with Crippen molar-refractivity contribution in [3.8, 4) is 0 Å². The zero-order chi connectivity index (χ0) is 15.2. The molecule has 0 aliphatic rings. The van der Waals surface area contributed by atoms with Gasteiger partial charge in [0.05, 0.1) is 11.3 Å². The van der Waals surface area contributed by atoms with Crippen LogP contribution in [-0.2, 0) is 19.6 Å². The van der Waals surface area contributed by atoms with Gasteiger partial charge in [-0.15, -0.1) is 0 Å². The molecule has 1 rings (SSSR count). The Kier molecular flexibility index (Phi) is 5.84. The number of carboxylic acid groups (broad SMARTS) is 1. The Bertz CT molecular complexity index is 577. The summed E-state index contributed by atoms with van der Waals surface area (Å²) in [7, 11) is -3.62. The highest BCUT2D eigenvalue weighted by Gasteiger charge is 2.14.